The molecule has 0 saturated heterocycles. The van der Waals surface area contributed by atoms with Crippen LogP contribution in [0.1, 0.15) is 5.76 Å². The topological polar surface area (TPSA) is 57.0 Å². The zero-order valence-electron chi connectivity index (χ0n) is 11.2. The van der Waals surface area contributed by atoms with Crippen LogP contribution >= 0.6 is 0 Å². The molecule has 2 N–H and O–H groups in total. The van der Waals surface area contributed by atoms with Gasteiger partial charge >= 0.3 is 0 Å². The van der Waals surface area contributed by atoms with E-state index in [0.717, 1.165) is 11.3 Å². The second-order valence-electron chi connectivity index (χ2n) is 4.60. The van der Waals surface area contributed by atoms with Crippen LogP contribution in [0, 0.1) is 12.7 Å². The molecule has 102 valence electrons. The van der Waals surface area contributed by atoms with Gasteiger partial charge in [0.15, 0.2) is 0 Å². The van der Waals surface area contributed by atoms with Crippen LogP contribution in [0.15, 0.2) is 41.0 Å². The number of rotatable bonds is 2. The maximum absolute atomic E-state index is 14.1. The van der Waals surface area contributed by atoms with Crippen LogP contribution in [0.2, 0.25) is 0 Å². The van der Waals surface area contributed by atoms with Gasteiger partial charge in [-0.1, -0.05) is 18.2 Å². The minimum absolute atomic E-state index is 0.324. The second-order valence-corrected chi connectivity index (χ2v) is 4.60. The summed E-state index contributed by atoms with van der Waals surface area (Å²) in [6, 6.07) is 8.34. The van der Waals surface area contributed by atoms with Crippen LogP contribution in [0.5, 0.6) is 0 Å². The van der Waals surface area contributed by atoms with Gasteiger partial charge in [0.25, 0.3) is 0 Å². The van der Waals surface area contributed by atoms with Gasteiger partial charge in [0.05, 0.1) is 11.8 Å². The van der Waals surface area contributed by atoms with Crippen molar-refractivity contribution in [2.24, 2.45) is 7.05 Å². The highest BCUT2D eigenvalue weighted by Crippen LogP contribution is 2.38. The van der Waals surface area contributed by atoms with Gasteiger partial charge in [-0.05, 0) is 19.1 Å². The van der Waals surface area contributed by atoms with Crippen molar-refractivity contribution >= 4 is 5.82 Å². The number of nitrogens with zero attached hydrogens (tertiary/aromatic N) is 2. The van der Waals surface area contributed by atoms with E-state index >= 15 is 0 Å². The Labute approximate surface area is 115 Å². The van der Waals surface area contributed by atoms with Gasteiger partial charge in [0.1, 0.15) is 23.1 Å². The summed E-state index contributed by atoms with van der Waals surface area (Å²) in [5.74, 6) is 0.820. The maximum atomic E-state index is 14.1. The lowest BCUT2D eigenvalue weighted by Crippen LogP contribution is -1.98. The molecule has 0 radical (unpaired) electrons. The molecule has 2 heterocycles. The molecule has 0 fully saturated rings. The quantitative estimate of drug-likeness (QED) is 0.777. The van der Waals surface area contributed by atoms with Crippen molar-refractivity contribution in [3.8, 4) is 22.4 Å². The molecule has 0 aliphatic heterocycles. The minimum Gasteiger partial charge on any atom is -0.469 e. The first-order chi connectivity index (χ1) is 9.59. The summed E-state index contributed by atoms with van der Waals surface area (Å²) >= 11 is 0. The lowest BCUT2D eigenvalue weighted by Gasteiger charge is -2.05. The van der Waals surface area contributed by atoms with E-state index in [-0.39, 0.29) is 5.82 Å². The smallest absolute Gasteiger partial charge is 0.131 e. The van der Waals surface area contributed by atoms with Crippen molar-refractivity contribution in [1.29, 1.82) is 0 Å². The molecular formula is C15H14FN3O. The molecule has 2 aromatic heterocycles. The number of anilines is 1. The fraction of sp³-hybridized carbons (Fsp3) is 0.133. The summed E-state index contributed by atoms with van der Waals surface area (Å²) in [7, 11) is 1.73. The van der Waals surface area contributed by atoms with Crippen molar-refractivity contribution in [1.82, 2.24) is 9.78 Å². The number of hydrogen-bond donors (Lipinski definition) is 1. The number of aromatic nitrogens is 2. The third-order valence-electron chi connectivity index (χ3n) is 3.35. The van der Waals surface area contributed by atoms with Gasteiger partial charge in [0.2, 0.25) is 0 Å². The first-order valence-electron chi connectivity index (χ1n) is 6.21. The zero-order valence-corrected chi connectivity index (χ0v) is 11.2. The fourth-order valence-electron chi connectivity index (χ4n) is 2.29. The van der Waals surface area contributed by atoms with E-state index in [4.69, 9.17) is 10.2 Å². The van der Waals surface area contributed by atoms with Gasteiger partial charge in [-0.3, -0.25) is 4.68 Å². The lowest BCUT2D eigenvalue weighted by atomic mass is 10.0. The number of benzene rings is 1. The largest absolute Gasteiger partial charge is 0.469 e. The first kappa shape index (κ1) is 12.5. The van der Waals surface area contributed by atoms with Crippen LogP contribution < -0.4 is 5.73 Å². The molecule has 20 heavy (non-hydrogen) atoms. The van der Waals surface area contributed by atoms with Crippen molar-refractivity contribution in [2.75, 3.05) is 5.73 Å². The van der Waals surface area contributed by atoms with Gasteiger partial charge in [0, 0.05) is 18.2 Å². The van der Waals surface area contributed by atoms with E-state index < -0.39 is 0 Å². The van der Waals surface area contributed by atoms with Gasteiger partial charge in [-0.15, -0.1) is 0 Å². The van der Waals surface area contributed by atoms with E-state index in [9.17, 15) is 4.39 Å². The molecule has 0 aliphatic carbocycles. The van der Waals surface area contributed by atoms with Crippen LogP contribution in [-0.4, -0.2) is 9.78 Å². The van der Waals surface area contributed by atoms with Crippen molar-refractivity contribution in [3.63, 3.8) is 0 Å². The standard InChI is InChI=1S/C15H14FN3O/c1-9-10(7-8-20-9)14-13(15(17)19(2)18-14)11-5-3-4-6-12(11)16/h3-8H,17H2,1-2H3. The number of aryl methyl sites for hydroxylation is 2. The van der Waals surface area contributed by atoms with Crippen LogP contribution in [0.25, 0.3) is 22.4 Å². The highest BCUT2D eigenvalue weighted by atomic mass is 19.1. The maximum Gasteiger partial charge on any atom is 0.131 e. The number of nitrogen functional groups attached to an aromatic ring is 1. The average molecular weight is 271 g/mol. The average Bonchev–Trinajstić information content (AvgIpc) is 2.96. The molecule has 0 saturated carbocycles. The number of hydrogen-bond acceptors (Lipinski definition) is 3. The van der Waals surface area contributed by atoms with E-state index in [0.29, 0.717) is 22.6 Å². The summed E-state index contributed by atoms with van der Waals surface area (Å²) in [5, 5.41) is 4.40. The molecule has 0 unspecified atom stereocenters. The summed E-state index contributed by atoms with van der Waals surface area (Å²) in [6.45, 7) is 1.84. The van der Waals surface area contributed by atoms with E-state index in [1.807, 2.05) is 6.92 Å². The Morgan fingerprint density at radius 2 is 1.95 bits per heavy atom. The van der Waals surface area contributed by atoms with Crippen molar-refractivity contribution in [3.05, 3.63) is 48.2 Å². The third kappa shape index (κ3) is 1.79. The van der Waals surface area contributed by atoms with Crippen molar-refractivity contribution in [2.45, 2.75) is 6.92 Å². The molecule has 0 bridgehead atoms. The predicted molar refractivity (Wildman–Crippen MR) is 75.5 cm³/mol. The Kier molecular flexibility index (Phi) is 2.82. The lowest BCUT2D eigenvalue weighted by molar-refractivity contribution is 0.535. The minimum atomic E-state index is -0.324. The fourth-order valence-corrected chi connectivity index (χ4v) is 2.29. The SMILES string of the molecule is Cc1occc1-c1nn(C)c(N)c1-c1ccccc1F. The Hall–Kier alpha value is -2.56. The molecule has 4 nitrogen and oxygen atoms in total. The van der Waals surface area contributed by atoms with E-state index in [1.54, 1.807) is 42.3 Å². The number of halogens is 1. The zero-order chi connectivity index (χ0) is 14.3. The van der Waals surface area contributed by atoms with Gasteiger partial charge in [-0.25, -0.2) is 4.39 Å². The Morgan fingerprint density at radius 3 is 2.60 bits per heavy atom. The van der Waals surface area contributed by atoms with E-state index in [1.165, 1.54) is 6.07 Å². The molecule has 3 rings (SSSR count). The normalized spacial score (nSPS) is 10.9. The van der Waals surface area contributed by atoms with Gasteiger partial charge < -0.3 is 10.2 Å². The Morgan fingerprint density at radius 1 is 1.20 bits per heavy atom. The van der Waals surface area contributed by atoms with Crippen molar-refractivity contribution < 1.29 is 8.81 Å². The molecule has 5 heteroatoms. The van der Waals surface area contributed by atoms with Crippen LogP contribution in [-0.2, 0) is 7.05 Å². The first-order valence-corrected chi connectivity index (χ1v) is 6.21. The molecule has 0 atom stereocenters. The monoisotopic (exact) mass is 271 g/mol. The molecule has 1 aromatic carbocycles. The molecule has 0 spiro atoms. The number of nitrogens with two attached hydrogens (primary N) is 1. The third-order valence-corrected chi connectivity index (χ3v) is 3.35. The summed E-state index contributed by atoms with van der Waals surface area (Å²) in [6.07, 6.45) is 1.58. The van der Waals surface area contributed by atoms with Crippen LogP contribution in [0.4, 0.5) is 10.2 Å². The van der Waals surface area contributed by atoms with Gasteiger partial charge in [-0.2, -0.15) is 5.10 Å². The highest BCUT2D eigenvalue weighted by molar-refractivity contribution is 5.88. The molecular weight excluding hydrogens is 257 g/mol. The Balaban J connectivity index is 2.31. The highest BCUT2D eigenvalue weighted by Gasteiger charge is 2.21. The molecule has 0 aliphatic rings. The number of furan rings is 1. The van der Waals surface area contributed by atoms with E-state index in [2.05, 4.69) is 5.10 Å². The summed E-state index contributed by atoms with van der Waals surface area (Å²) < 4.78 is 20.9. The summed E-state index contributed by atoms with van der Waals surface area (Å²) in [5.41, 5.74) is 8.54. The van der Waals surface area contributed by atoms with Crippen LogP contribution in [0.3, 0.4) is 0 Å². The predicted octanol–water partition coefficient (Wildman–Crippen LogP) is 3.38. The Bertz CT molecular complexity index is 773. The molecule has 0 amide bonds. The molecule has 3 aromatic rings. The second kappa shape index (κ2) is 4.52. The summed E-state index contributed by atoms with van der Waals surface area (Å²) in [4.78, 5) is 0.